The summed E-state index contributed by atoms with van der Waals surface area (Å²) in [6, 6.07) is -0.227. The summed E-state index contributed by atoms with van der Waals surface area (Å²) in [5.74, 6) is -0.528. The molecule has 0 aromatic rings. The minimum absolute atomic E-state index is 0.227. The van der Waals surface area contributed by atoms with Crippen LogP contribution >= 0.6 is 0 Å². The van der Waals surface area contributed by atoms with E-state index < -0.39 is 24.9 Å². The molecule has 0 saturated heterocycles. The van der Waals surface area contributed by atoms with Gasteiger partial charge in [-0.3, -0.25) is 4.79 Å². The largest absolute Gasteiger partial charge is 0.389 e. The van der Waals surface area contributed by atoms with E-state index in [1.54, 1.807) is 6.92 Å². The van der Waals surface area contributed by atoms with Gasteiger partial charge in [0.15, 0.2) is 0 Å². The van der Waals surface area contributed by atoms with Gasteiger partial charge in [0.25, 0.3) is 0 Å². The van der Waals surface area contributed by atoms with Crippen molar-refractivity contribution >= 4 is 5.91 Å². The second-order valence-corrected chi connectivity index (χ2v) is 3.37. The Morgan fingerprint density at radius 2 is 2.00 bits per heavy atom. The summed E-state index contributed by atoms with van der Waals surface area (Å²) in [6.07, 6.45) is -5.85. The molecule has 3 nitrogen and oxygen atoms in total. The van der Waals surface area contributed by atoms with Crippen LogP contribution in [0.1, 0.15) is 19.8 Å². The van der Waals surface area contributed by atoms with Crippen LogP contribution in [0.4, 0.5) is 13.2 Å². The highest BCUT2D eigenvalue weighted by molar-refractivity contribution is 5.75. The first-order valence-electron chi connectivity index (χ1n) is 4.28. The van der Waals surface area contributed by atoms with E-state index in [1.165, 1.54) is 11.9 Å². The van der Waals surface area contributed by atoms with E-state index in [-0.39, 0.29) is 12.6 Å². The number of alkyl halides is 3. The van der Waals surface area contributed by atoms with Crippen LogP contribution < -0.4 is 5.73 Å². The molecule has 0 aliphatic heterocycles. The van der Waals surface area contributed by atoms with Gasteiger partial charge in [0.05, 0.1) is 6.42 Å². The quantitative estimate of drug-likeness (QED) is 0.759. The molecule has 14 heavy (non-hydrogen) atoms. The molecular formula is C8H15F3N2O. The standard InChI is InChI=1S/C8H15F3N2O/c1-6(12)5-13(2)7(14)3-4-8(9,10)11/h6H,3-5,12H2,1-2H3. The van der Waals surface area contributed by atoms with Crippen molar-refractivity contribution in [3.63, 3.8) is 0 Å². The molecule has 0 spiro atoms. The van der Waals surface area contributed by atoms with Crippen LogP contribution in [0.25, 0.3) is 0 Å². The molecule has 1 atom stereocenters. The number of carbonyl (C=O) groups excluding carboxylic acids is 1. The number of halogens is 3. The Balaban J connectivity index is 3.85. The normalized spacial score (nSPS) is 13.9. The van der Waals surface area contributed by atoms with Gasteiger partial charge in [0.2, 0.25) is 5.91 Å². The molecule has 0 aliphatic rings. The van der Waals surface area contributed by atoms with E-state index in [0.717, 1.165) is 0 Å². The lowest BCUT2D eigenvalue weighted by Gasteiger charge is -2.19. The lowest BCUT2D eigenvalue weighted by atomic mass is 10.2. The number of hydrogen-bond acceptors (Lipinski definition) is 2. The minimum Gasteiger partial charge on any atom is -0.344 e. The van der Waals surface area contributed by atoms with Crippen molar-refractivity contribution in [3.8, 4) is 0 Å². The molecule has 1 amide bonds. The highest BCUT2D eigenvalue weighted by atomic mass is 19.4. The van der Waals surface area contributed by atoms with Gasteiger partial charge in [0, 0.05) is 26.1 Å². The van der Waals surface area contributed by atoms with Gasteiger partial charge in [-0.2, -0.15) is 13.2 Å². The van der Waals surface area contributed by atoms with E-state index in [9.17, 15) is 18.0 Å². The second-order valence-electron chi connectivity index (χ2n) is 3.37. The first-order valence-corrected chi connectivity index (χ1v) is 4.28. The number of likely N-dealkylation sites (N-methyl/N-ethyl adjacent to an activating group) is 1. The monoisotopic (exact) mass is 212 g/mol. The van der Waals surface area contributed by atoms with E-state index in [2.05, 4.69) is 0 Å². The highest BCUT2D eigenvalue weighted by Gasteiger charge is 2.28. The molecular weight excluding hydrogens is 197 g/mol. The van der Waals surface area contributed by atoms with Crippen LogP contribution in [0.5, 0.6) is 0 Å². The van der Waals surface area contributed by atoms with Crippen molar-refractivity contribution in [2.75, 3.05) is 13.6 Å². The summed E-state index contributed by atoms with van der Waals surface area (Å²) in [4.78, 5) is 12.3. The van der Waals surface area contributed by atoms with Crippen LogP contribution in [0, 0.1) is 0 Å². The Hall–Kier alpha value is -0.780. The zero-order valence-electron chi connectivity index (χ0n) is 8.27. The lowest BCUT2D eigenvalue weighted by molar-refractivity contribution is -0.148. The third-order valence-corrected chi connectivity index (χ3v) is 1.61. The average Bonchev–Trinajstić information content (AvgIpc) is 1.97. The summed E-state index contributed by atoms with van der Waals surface area (Å²) < 4.78 is 35.2. The molecule has 1 unspecified atom stereocenters. The van der Waals surface area contributed by atoms with E-state index in [1.807, 2.05) is 0 Å². The molecule has 0 rings (SSSR count). The zero-order chi connectivity index (χ0) is 11.4. The fourth-order valence-corrected chi connectivity index (χ4v) is 0.973. The van der Waals surface area contributed by atoms with Gasteiger partial charge >= 0.3 is 6.18 Å². The number of amides is 1. The number of nitrogens with zero attached hydrogens (tertiary/aromatic N) is 1. The predicted octanol–water partition coefficient (Wildman–Crippen LogP) is 1.13. The third kappa shape index (κ3) is 6.71. The summed E-state index contributed by atoms with van der Waals surface area (Å²) in [7, 11) is 1.45. The van der Waals surface area contributed by atoms with Crippen LogP contribution in [-0.4, -0.2) is 36.6 Å². The van der Waals surface area contributed by atoms with Crippen LogP contribution in [0.2, 0.25) is 0 Å². The molecule has 0 fully saturated rings. The lowest BCUT2D eigenvalue weighted by Crippen LogP contribution is -2.37. The number of rotatable bonds is 4. The van der Waals surface area contributed by atoms with Crippen molar-refractivity contribution in [1.29, 1.82) is 0 Å². The van der Waals surface area contributed by atoms with Gasteiger partial charge < -0.3 is 10.6 Å². The van der Waals surface area contributed by atoms with E-state index >= 15 is 0 Å². The molecule has 0 heterocycles. The van der Waals surface area contributed by atoms with Crippen LogP contribution in [-0.2, 0) is 4.79 Å². The Morgan fingerprint density at radius 1 is 1.50 bits per heavy atom. The Kier molecular flexibility index (Phi) is 4.90. The number of nitrogens with two attached hydrogens (primary N) is 1. The second kappa shape index (κ2) is 5.19. The zero-order valence-corrected chi connectivity index (χ0v) is 8.27. The predicted molar refractivity (Wildman–Crippen MR) is 46.6 cm³/mol. The van der Waals surface area contributed by atoms with Gasteiger partial charge in [-0.25, -0.2) is 0 Å². The molecule has 0 saturated carbocycles. The van der Waals surface area contributed by atoms with E-state index in [4.69, 9.17) is 5.73 Å². The topological polar surface area (TPSA) is 46.3 Å². The molecule has 0 radical (unpaired) electrons. The first-order chi connectivity index (χ1) is 6.22. The molecule has 2 N–H and O–H groups in total. The molecule has 0 aromatic heterocycles. The summed E-state index contributed by atoms with van der Waals surface area (Å²) in [6.45, 7) is 1.96. The van der Waals surface area contributed by atoms with Crippen molar-refractivity contribution in [3.05, 3.63) is 0 Å². The van der Waals surface area contributed by atoms with Gasteiger partial charge in [0.1, 0.15) is 0 Å². The Morgan fingerprint density at radius 3 is 2.36 bits per heavy atom. The fraction of sp³-hybridized carbons (Fsp3) is 0.875. The molecule has 0 bridgehead atoms. The van der Waals surface area contributed by atoms with Crippen molar-refractivity contribution < 1.29 is 18.0 Å². The number of hydrogen-bond donors (Lipinski definition) is 1. The highest BCUT2D eigenvalue weighted by Crippen LogP contribution is 2.21. The Labute approximate surface area is 81.1 Å². The maximum absolute atomic E-state index is 11.7. The minimum atomic E-state index is -4.27. The SMILES string of the molecule is CC(N)CN(C)C(=O)CCC(F)(F)F. The van der Waals surface area contributed by atoms with Crippen molar-refractivity contribution in [1.82, 2.24) is 4.90 Å². The van der Waals surface area contributed by atoms with Crippen LogP contribution in [0.15, 0.2) is 0 Å². The molecule has 84 valence electrons. The van der Waals surface area contributed by atoms with Gasteiger partial charge in [-0.05, 0) is 6.92 Å². The maximum atomic E-state index is 11.7. The summed E-state index contributed by atoms with van der Waals surface area (Å²) in [5.41, 5.74) is 5.40. The molecule has 0 aromatic carbocycles. The van der Waals surface area contributed by atoms with Crippen LogP contribution in [0.3, 0.4) is 0 Å². The fourth-order valence-electron chi connectivity index (χ4n) is 0.973. The summed E-state index contributed by atoms with van der Waals surface area (Å²) in [5, 5.41) is 0. The first kappa shape index (κ1) is 13.2. The smallest absolute Gasteiger partial charge is 0.344 e. The maximum Gasteiger partial charge on any atom is 0.389 e. The van der Waals surface area contributed by atoms with E-state index in [0.29, 0.717) is 0 Å². The average molecular weight is 212 g/mol. The summed E-state index contributed by atoms with van der Waals surface area (Å²) >= 11 is 0. The number of carbonyl (C=O) groups is 1. The van der Waals surface area contributed by atoms with Crippen molar-refractivity contribution in [2.24, 2.45) is 5.73 Å². The molecule has 0 aliphatic carbocycles. The van der Waals surface area contributed by atoms with Gasteiger partial charge in [-0.15, -0.1) is 0 Å². The third-order valence-electron chi connectivity index (χ3n) is 1.61. The van der Waals surface area contributed by atoms with Crippen molar-refractivity contribution in [2.45, 2.75) is 32.0 Å². The van der Waals surface area contributed by atoms with Gasteiger partial charge in [-0.1, -0.05) is 0 Å². The molecule has 6 heteroatoms. The Bertz CT molecular complexity index is 192.